The Morgan fingerprint density at radius 2 is 1.79 bits per heavy atom. The maximum Gasteiger partial charge on any atom is 0.0345 e. The van der Waals surface area contributed by atoms with Crippen molar-refractivity contribution < 1.29 is 0 Å². The third-order valence-corrected chi connectivity index (χ3v) is 5.09. The van der Waals surface area contributed by atoms with Gasteiger partial charge >= 0.3 is 0 Å². The van der Waals surface area contributed by atoms with E-state index in [9.17, 15) is 0 Å². The normalized spacial score (nSPS) is 31.6. The van der Waals surface area contributed by atoms with E-state index in [0.717, 1.165) is 18.1 Å². The number of rotatable bonds is 4. The van der Waals surface area contributed by atoms with E-state index in [2.05, 4.69) is 54.5 Å². The standard InChI is InChI=1S/C17H26N2/c1-3-17(13-7-5-4-6-8-13)19(2)16-11-14-9-10-15(12-16)18-14/h4-8,14-18H,3,9-12H2,1-2H3. The number of fused-ring (bicyclic) bond motifs is 2. The number of nitrogens with zero attached hydrogens (tertiary/aromatic N) is 1. The highest BCUT2D eigenvalue weighted by atomic mass is 15.2. The van der Waals surface area contributed by atoms with E-state index < -0.39 is 0 Å². The third kappa shape index (κ3) is 2.70. The molecule has 1 N–H and O–H groups in total. The van der Waals surface area contributed by atoms with Crippen LogP contribution in [0, 0.1) is 0 Å². The number of hydrogen-bond acceptors (Lipinski definition) is 2. The van der Waals surface area contributed by atoms with E-state index in [1.807, 2.05) is 0 Å². The fraction of sp³-hybridized carbons (Fsp3) is 0.647. The Morgan fingerprint density at radius 3 is 2.37 bits per heavy atom. The van der Waals surface area contributed by atoms with E-state index in [1.54, 1.807) is 0 Å². The first-order chi connectivity index (χ1) is 9.28. The molecule has 2 fully saturated rings. The van der Waals surface area contributed by atoms with Crippen molar-refractivity contribution in [3.05, 3.63) is 35.9 Å². The molecule has 2 bridgehead atoms. The number of benzene rings is 1. The largest absolute Gasteiger partial charge is 0.311 e. The molecule has 3 unspecified atom stereocenters. The molecule has 3 atom stereocenters. The molecule has 104 valence electrons. The SMILES string of the molecule is CCC(c1ccccc1)N(C)C1CC2CCC(C1)N2. The van der Waals surface area contributed by atoms with E-state index in [0.29, 0.717) is 6.04 Å². The van der Waals surface area contributed by atoms with Crippen LogP contribution in [0.4, 0.5) is 0 Å². The zero-order valence-electron chi connectivity index (χ0n) is 12.2. The quantitative estimate of drug-likeness (QED) is 0.891. The van der Waals surface area contributed by atoms with E-state index in [4.69, 9.17) is 0 Å². The first-order valence-electron chi connectivity index (χ1n) is 7.81. The van der Waals surface area contributed by atoms with Crippen LogP contribution >= 0.6 is 0 Å². The van der Waals surface area contributed by atoms with E-state index >= 15 is 0 Å². The summed E-state index contributed by atoms with van der Waals surface area (Å²) in [6, 6.07) is 13.9. The molecule has 3 rings (SSSR count). The molecule has 0 saturated carbocycles. The Kier molecular flexibility index (Phi) is 3.90. The molecule has 1 aromatic carbocycles. The van der Waals surface area contributed by atoms with Gasteiger partial charge in [0.15, 0.2) is 0 Å². The molecule has 2 heteroatoms. The zero-order chi connectivity index (χ0) is 13.2. The Morgan fingerprint density at radius 1 is 1.16 bits per heavy atom. The molecule has 0 radical (unpaired) electrons. The minimum Gasteiger partial charge on any atom is -0.311 e. The second kappa shape index (κ2) is 5.64. The summed E-state index contributed by atoms with van der Waals surface area (Å²) in [5.41, 5.74) is 1.47. The van der Waals surface area contributed by atoms with Gasteiger partial charge in [-0.15, -0.1) is 0 Å². The van der Waals surface area contributed by atoms with Crippen molar-refractivity contribution in [2.45, 2.75) is 63.2 Å². The lowest BCUT2D eigenvalue weighted by molar-refractivity contribution is 0.121. The van der Waals surface area contributed by atoms with Gasteiger partial charge in [-0.2, -0.15) is 0 Å². The highest BCUT2D eigenvalue weighted by Crippen LogP contribution is 2.34. The fourth-order valence-corrected chi connectivity index (χ4v) is 4.05. The van der Waals surface area contributed by atoms with E-state index in [1.165, 1.54) is 37.7 Å². The number of hydrogen-bond donors (Lipinski definition) is 1. The highest BCUT2D eigenvalue weighted by Gasteiger charge is 2.36. The van der Waals surface area contributed by atoms with Crippen LogP contribution in [-0.2, 0) is 0 Å². The van der Waals surface area contributed by atoms with Gasteiger partial charge in [0.2, 0.25) is 0 Å². The predicted molar refractivity (Wildman–Crippen MR) is 80.2 cm³/mol. The van der Waals surface area contributed by atoms with Gasteiger partial charge < -0.3 is 5.32 Å². The lowest BCUT2D eigenvalue weighted by atomic mass is 9.94. The summed E-state index contributed by atoms with van der Waals surface area (Å²) in [7, 11) is 2.33. The highest BCUT2D eigenvalue weighted by molar-refractivity contribution is 5.19. The van der Waals surface area contributed by atoms with Gasteiger partial charge in [-0.05, 0) is 44.7 Å². The molecule has 2 nitrogen and oxygen atoms in total. The Hall–Kier alpha value is -0.860. The summed E-state index contributed by atoms with van der Waals surface area (Å²) in [4.78, 5) is 2.64. The molecule has 0 aromatic heterocycles. The first kappa shape index (κ1) is 13.1. The number of piperidine rings is 1. The Labute approximate surface area is 117 Å². The smallest absolute Gasteiger partial charge is 0.0345 e. The molecular weight excluding hydrogens is 232 g/mol. The Bertz CT molecular complexity index is 391. The molecule has 0 aliphatic carbocycles. The predicted octanol–water partition coefficient (Wildman–Crippen LogP) is 3.35. The van der Waals surface area contributed by atoms with Crippen molar-refractivity contribution in [2.75, 3.05) is 7.05 Å². The molecule has 2 aliphatic heterocycles. The van der Waals surface area contributed by atoms with Crippen molar-refractivity contribution >= 4 is 0 Å². The second-order valence-corrected chi connectivity index (χ2v) is 6.26. The van der Waals surface area contributed by atoms with Gasteiger partial charge in [-0.25, -0.2) is 0 Å². The lowest BCUT2D eigenvalue weighted by Crippen LogP contribution is -2.47. The average Bonchev–Trinajstić information content (AvgIpc) is 2.79. The molecule has 2 saturated heterocycles. The van der Waals surface area contributed by atoms with Crippen LogP contribution in [0.15, 0.2) is 30.3 Å². The Balaban J connectivity index is 1.73. The van der Waals surface area contributed by atoms with Crippen LogP contribution in [0.5, 0.6) is 0 Å². The maximum atomic E-state index is 3.75. The van der Waals surface area contributed by atoms with Crippen molar-refractivity contribution in [1.29, 1.82) is 0 Å². The molecule has 0 spiro atoms. The van der Waals surface area contributed by atoms with Crippen LogP contribution in [0.2, 0.25) is 0 Å². The van der Waals surface area contributed by atoms with Crippen LogP contribution in [-0.4, -0.2) is 30.1 Å². The van der Waals surface area contributed by atoms with Crippen LogP contribution in [0.25, 0.3) is 0 Å². The summed E-state index contributed by atoms with van der Waals surface area (Å²) >= 11 is 0. The summed E-state index contributed by atoms with van der Waals surface area (Å²) in [5, 5.41) is 3.75. The summed E-state index contributed by atoms with van der Waals surface area (Å²) in [6.45, 7) is 2.31. The van der Waals surface area contributed by atoms with Crippen molar-refractivity contribution in [3.8, 4) is 0 Å². The van der Waals surface area contributed by atoms with Crippen LogP contribution in [0.3, 0.4) is 0 Å². The number of nitrogens with one attached hydrogen (secondary N) is 1. The molecule has 19 heavy (non-hydrogen) atoms. The molecule has 2 heterocycles. The third-order valence-electron chi connectivity index (χ3n) is 5.09. The molecule has 1 aromatic rings. The summed E-state index contributed by atoms with van der Waals surface area (Å²) < 4.78 is 0. The average molecular weight is 258 g/mol. The van der Waals surface area contributed by atoms with Gasteiger partial charge in [-0.1, -0.05) is 37.3 Å². The topological polar surface area (TPSA) is 15.3 Å². The van der Waals surface area contributed by atoms with Crippen LogP contribution < -0.4 is 5.32 Å². The van der Waals surface area contributed by atoms with Crippen molar-refractivity contribution in [1.82, 2.24) is 10.2 Å². The second-order valence-electron chi connectivity index (χ2n) is 6.26. The first-order valence-corrected chi connectivity index (χ1v) is 7.81. The molecule has 0 amide bonds. The zero-order valence-corrected chi connectivity index (χ0v) is 12.2. The summed E-state index contributed by atoms with van der Waals surface area (Å²) in [5.74, 6) is 0. The van der Waals surface area contributed by atoms with Crippen LogP contribution in [0.1, 0.15) is 50.6 Å². The fourth-order valence-electron chi connectivity index (χ4n) is 4.05. The van der Waals surface area contributed by atoms with Gasteiger partial charge in [0.25, 0.3) is 0 Å². The van der Waals surface area contributed by atoms with E-state index in [-0.39, 0.29) is 0 Å². The summed E-state index contributed by atoms with van der Waals surface area (Å²) in [6.07, 6.45) is 6.63. The maximum absolute atomic E-state index is 3.75. The lowest BCUT2D eigenvalue weighted by Gasteiger charge is -2.40. The molecule has 2 aliphatic rings. The van der Waals surface area contributed by atoms with Gasteiger partial charge in [0, 0.05) is 24.2 Å². The van der Waals surface area contributed by atoms with Crippen molar-refractivity contribution in [3.63, 3.8) is 0 Å². The molecular formula is C17H26N2. The minimum atomic E-state index is 0.573. The van der Waals surface area contributed by atoms with Gasteiger partial charge in [0.1, 0.15) is 0 Å². The minimum absolute atomic E-state index is 0.573. The van der Waals surface area contributed by atoms with Crippen molar-refractivity contribution in [2.24, 2.45) is 0 Å². The van der Waals surface area contributed by atoms with Gasteiger partial charge in [0.05, 0.1) is 0 Å². The van der Waals surface area contributed by atoms with Gasteiger partial charge in [-0.3, -0.25) is 4.90 Å². The monoisotopic (exact) mass is 258 g/mol.